The van der Waals surface area contributed by atoms with E-state index >= 15 is 0 Å². The number of likely N-dealkylation sites (tertiary alicyclic amines) is 1. The topological polar surface area (TPSA) is 84.9 Å². The lowest BCUT2D eigenvalue weighted by Gasteiger charge is -2.32. The van der Waals surface area contributed by atoms with Gasteiger partial charge in [0, 0.05) is 29.7 Å². The molecule has 3 rings (SSSR count). The van der Waals surface area contributed by atoms with E-state index in [1.54, 1.807) is 31.2 Å². The average molecular weight is 503 g/mol. The SMILES string of the molecule is CCOC(=O)Oc1ccc(C(=O)NCC2CCN(C(=O)Cc3cccc(Br)c3)CC2)cc1. The summed E-state index contributed by atoms with van der Waals surface area (Å²) in [7, 11) is 0. The van der Waals surface area contributed by atoms with Crippen molar-refractivity contribution >= 4 is 33.9 Å². The average Bonchev–Trinajstić information content (AvgIpc) is 2.78. The van der Waals surface area contributed by atoms with Crippen LogP contribution in [0, 0.1) is 5.92 Å². The number of carbonyl (C=O) groups is 3. The Labute approximate surface area is 196 Å². The number of amides is 2. The summed E-state index contributed by atoms with van der Waals surface area (Å²) < 4.78 is 10.7. The van der Waals surface area contributed by atoms with E-state index in [0.29, 0.717) is 43.3 Å². The second-order valence-electron chi connectivity index (χ2n) is 7.65. The van der Waals surface area contributed by atoms with Crippen molar-refractivity contribution in [3.63, 3.8) is 0 Å². The molecule has 1 aliphatic rings. The molecule has 2 amide bonds. The molecule has 0 radical (unpaired) electrons. The number of piperidine rings is 1. The molecule has 32 heavy (non-hydrogen) atoms. The summed E-state index contributed by atoms with van der Waals surface area (Å²) in [5.74, 6) is 0.608. The number of hydrogen-bond acceptors (Lipinski definition) is 5. The molecule has 1 N–H and O–H groups in total. The molecule has 0 bridgehead atoms. The first-order valence-corrected chi connectivity index (χ1v) is 11.5. The normalized spacial score (nSPS) is 14.0. The zero-order chi connectivity index (χ0) is 22.9. The molecule has 1 fully saturated rings. The van der Waals surface area contributed by atoms with Gasteiger partial charge in [-0.2, -0.15) is 0 Å². The Morgan fingerprint density at radius 1 is 1.09 bits per heavy atom. The van der Waals surface area contributed by atoms with Gasteiger partial charge in [-0.1, -0.05) is 28.1 Å². The van der Waals surface area contributed by atoms with Gasteiger partial charge in [-0.3, -0.25) is 9.59 Å². The van der Waals surface area contributed by atoms with E-state index in [-0.39, 0.29) is 18.4 Å². The Bertz CT molecular complexity index is 940. The fourth-order valence-corrected chi connectivity index (χ4v) is 4.02. The number of benzene rings is 2. The molecule has 1 saturated heterocycles. The Kier molecular flexibility index (Phi) is 8.67. The quantitative estimate of drug-likeness (QED) is 0.453. The van der Waals surface area contributed by atoms with Gasteiger partial charge in [0.15, 0.2) is 0 Å². The largest absolute Gasteiger partial charge is 0.513 e. The summed E-state index contributed by atoms with van der Waals surface area (Å²) >= 11 is 3.44. The first-order valence-electron chi connectivity index (χ1n) is 10.7. The van der Waals surface area contributed by atoms with E-state index in [0.717, 1.165) is 22.9 Å². The van der Waals surface area contributed by atoms with Crippen LogP contribution in [-0.4, -0.2) is 49.1 Å². The molecule has 0 saturated carbocycles. The minimum atomic E-state index is -0.772. The van der Waals surface area contributed by atoms with Crippen molar-refractivity contribution in [3.05, 3.63) is 64.1 Å². The molecular formula is C24H27BrN2O5. The zero-order valence-corrected chi connectivity index (χ0v) is 19.6. The van der Waals surface area contributed by atoms with Crippen molar-refractivity contribution in [1.82, 2.24) is 10.2 Å². The number of carbonyl (C=O) groups excluding carboxylic acids is 3. The summed E-state index contributed by atoms with van der Waals surface area (Å²) in [6.07, 6.45) is 1.34. The molecule has 0 aromatic heterocycles. The number of rotatable bonds is 7. The fourth-order valence-electron chi connectivity index (χ4n) is 3.58. The molecule has 2 aromatic carbocycles. The predicted molar refractivity (Wildman–Crippen MR) is 124 cm³/mol. The molecule has 1 heterocycles. The van der Waals surface area contributed by atoms with E-state index in [1.165, 1.54) is 0 Å². The van der Waals surface area contributed by atoms with Crippen LogP contribution in [0.2, 0.25) is 0 Å². The smallest absolute Gasteiger partial charge is 0.434 e. The van der Waals surface area contributed by atoms with Crippen LogP contribution in [0.3, 0.4) is 0 Å². The number of halogens is 1. The maximum Gasteiger partial charge on any atom is 0.513 e. The monoisotopic (exact) mass is 502 g/mol. The fraction of sp³-hybridized carbons (Fsp3) is 0.375. The van der Waals surface area contributed by atoms with Gasteiger partial charge in [-0.05, 0) is 67.6 Å². The van der Waals surface area contributed by atoms with Crippen LogP contribution >= 0.6 is 15.9 Å². The molecule has 8 heteroatoms. The van der Waals surface area contributed by atoms with Gasteiger partial charge < -0.3 is 19.7 Å². The third kappa shape index (κ3) is 7.09. The standard InChI is InChI=1S/C24H27BrN2O5/c1-2-31-24(30)32-21-8-6-19(7-9-21)23(29)26-16-17-10-12-27(13-11-17)22(28)15-18-4-3-5-20(25)14-18/h3-9,14,17H,2,10-13,15-16H2,1H3,(H,26,29). The summed E-state index contributed by atoms with van der Waals surface area (Å²) in [6, 6.07) is 14.1. The van der Waals surface area contributed by atoms with Gasteiger partial charge >= 0.3 is 6.16 Å². The Hall–Kier alpha value is -2.87. The van der Waals surface area contributed by atoms with Crippen LogP contribution in [-0.2, 0) is 16.0 Å². The molecule has 0 atom stereocenters. The van der Waals surface area contributed by atoms with E-state index in [9.17, 15) is 14.4 Å². The van der Waals surface area contributed by atoms with Crippen LogP contribution < -0.4 is 10.1 Å². The number of ether oxygens (including phenoxy) is 2. The molecule has 0 spiro atoms. The lowest BCUT2D eigenvalue weighted by atomic mass is 9.96. The summed E-state index contributed by atoms with van der Waals surface area (Å²) in [5.41, 5.74) is 1.49. The minimum absolute atomic E-state index is 0.135. The highest BCUT2D eigenvalue weighted by molar-refractivity contribution is 9.10. The predicted octanol–water partition coefficient (Wildman–Crippen LogP) is 4.20. The van der Waals surface area contributed by atoms with Gasteiger partial charge in [-0.25, -0.2) is 4.79 Å². The minimum Gasteiger partial charge on any atom is -0.434 e. The number of hydrogen-bond donors (Lipinski definition) is 1. The molecule has 2 aromatic rings. The van der Waals surface area contributed by atoms with Crippen molar-refractivity contribution in [2.45, 2.75) is 26.2 Å². The lowest BCUT2D eigenvalue weighted by Crippen LogP contribution is -2.42. The second kappa shape index (κ2) is 11.7. The molecule has 7 nitrogen and oxygen atoms in total. The number of nitrogens with zero attached hydrogens (tertiary/aromatic N) is 1. The Morgan fingerprint density at radius 3 is 2.47 bits per heavy atom. The van der Waals surface area contributed by atoms with Crippen molar-refractivity contribution in [3.8, 4) is 5.75 Å². The van der Waals surface area contributed by atoms with Crippen LogP contribution in [0.25, 0.3) is 0 Å². The van der Waals surface area contributed by atoms with Crippen LogP contribution in [0.15, 0.2) is 53.0 Å². The molecule has 0 unspecified atom stereocenters. The van der Waals surface area contributed by atoms with Crippen molar-refractivity contribution in [2.24, 2.45) is 5.92 Å². The molecule has 0 aliphatic carbocycles. The van der Waals surface area contributed by atoms with Crippen molar-refractivity contribution in [1.29, 1.82) is 0 Å². The van der Waals surface area contributed by atoms with Crippen molar-refractivity contribution < 1.29 is 23.9 Å². The third-order valence-electron chi connectivity index (χ3n) is 5.34. The van der Waals surface area contributed by atoms with Gasteiger partial charge in [0.25, 0.3) is 5.91 Å². The number of nitrogens with one attached hydrogen (secondary N) is 1. The highest BCUT2D eigenvalue weighted by Gasteiger charge is 2.23. The van der Waals surface area contributed by atoms with E-state index < -0.39 is 6.16 Å². The van der Waals surface area contributed by atoms with E-state index in [1.807, 2.05) is 29.2 Å². The molecule has 170 valence electrons. The van der Waals surface area contributed by atoms with Gasteiger partial charge in [-0.15, -0.1) is 0 Å². The van der Waals surface area contributed by atoms with E-state index in [2.05, 4.69) is 21.2 Å². The maximum atomic E-state index is 12.6. The zero-order valence-electron chi connectivity index (χ0n) is 18.0. The Balaban J connectivity index is 1.40. The van der Waals surface area contributed by atoms with Crippen LogP contribution in [0.5, 0.6) is 5.75 Å². The second-order valence-corrected chi connectivity index (χ2v) is 8.57. The highest BCUT2D eigenvalue weighted by Crippen LogP contribution is 2.19. The first-order chi connectivity index (χ1) is 15.4. The maximum absolute atomic E-state index is 12.6. The van der Waals surface area contributed by atoms with Crippen LogP contribution in [0.4, 0.5) is 4.79 Å². The third-order valence-corrected chi connectivity index (χ3v) is 5.84. The first kappa shape index (κ1) is 23.8. The molecule has 1 aliphatic heterocycles. The van der Waals surface area contributed by atoms with Gasteiger partial charge in [0.1, 0.15) is 5.75 Å². The van der Waals surface area contributed by atoms with Gasteiger partial charge in [0.2, 0.25) is 5.91 Å². The van der Waals surface area contributed by atoms with Crippen LogP contribution in [0.1, 0.15) is 35.7 Å². The summed E-state index contributed by atoms with van der Waals surface area (Å²) in [4.78, 5) is 38.2. The summed E-state index contributed by atoms with van der Waals surface area (Å²) in [5, 5.41) is 2.96. The van der Waals surface area contributed by atoms with E-state index in [4.69, 9.17) is 9.47 Å². The highest BCUT2D eigenvalue weighted by atomic mass is 79.9. The lowest BCUT2D eigenvalue weighted by molar-refractivity contribution is -0.131. The summed E-state index contributed by atoms with van der Waals surface area (Å²) in [6.45, 7) is 3.89. The Morgan fingerprint density at radius 2 is 1.81 bits per heavy atom. The van der Waals surface area contributed by atoms with Gasteiger partial charge in [0.05, 0.1) is 13.0 Å². The molecular weight excluding hydrogens is 476 g/mol. The van der Waals surface area contributed by atoms with Crippen molar-refractivity contribution in [2.75, 3.05) is 26.2 Å².